The van der Waals surface area contributed by atoms with E-state index in [9.17, 15) is 13.2 Å². The minimum absolute atomic E-state index is 0.0464. The molecule has 0 aliphatic carbocycles. The van der Waals surface area contributed by atoms with Gasteiger partial charge in [0.05, 0.1) is 20.3 Å². The number of carbonyl (C=O) groups is 1. The van der Waals surface area contributed by atoms with Crippen LogP contribution in [-0.2, 0) is 14.8 Å². The summed E-state index contributed by atoms with van der Waals surface area (Å²) in [5.74, 6) is -0.102. The van der Waals surface area contributed by atoms with Gasteiger partial charge >= 0.3 is 0 Å². The van der Waals surface area contributed by atoms with Crippen molar-refractivity contribution in [2.45, 2.75) is 44.0 Å². The Labute approximate surface area is 174 Å². The third-order valence-electron chi connectivity index (χ3n) is 4.45. The molecule has 0 saturated carbocycles. The van der Waals surface area contributed by atoms with E-state index in [1.807, 2.05) is 0 Å². The van der Waals surface area contributed by atoms with E-state index in [1.165, 1.54) is 19.2 Å². The topological polar surface area (TPSA) is 97.0 Å². The molecule has 1 amide bonds. The van der Waals surface area contributed by atoms with Crippen LogP contribution in [0.15, 0.2) is 23.1 Å². The molecule has 9 heteroatoms. The predicted molar refractivity (Wildman–Crippen MR) is 112 cm³/mol. The first-order valence-electron chi connectivity index (χ1n) is 9.93. The smallest absolute Gasteiger partial charge is 0.251 e. The maximum absolute atomic E-state index is 12.7. The van der Waals surface area contributed by atoms with Crippen LogP contribution in [0.4, 0.5) is 0 Å². The number of rotatable bonds is 9. The van der Waals surface area contributed by atoms with Gasteiger partial charge in [-0.15, -0.1) is 0 Å². The minimum atomic E-state index is -3.83. The van der Waals surface area contributed by atoms with E-state index < -0.39 is 15.6 Å². The van der Waals surface area contributed by atoms with Gasteiger partial charge in [0.1, 0.15) is 10.6 Å². The molecule has 0 bridgehead atoms. The van der Waals surface area contributed by atoms with Crippen molar-refractivity contribution in [1.29, 1.82) is 0 Å². The molecule has 1 fully saturated rings. The lowest BCUT2D eigenvalue weighted by molar-refractivity contribution is 0.0372. The number of nitrogens with one attached hydrogen (secondary N) is 2. The van der Waals surface area contributed by atoms with Crippen molar-refractivity contribution in [1.82, 2.24) is 14.9 Å². The first-order chi connectivity index (χ1) is 13.6. The zero-order valence-electron chi connectivity index (χ0n) is 17.8. The van der Waals surface area contributed by atoms with E-state index in [0.29, 0.717) is 6.54 Å². The molecule has 0 atom stereocenters. The molecule has 0 radical (unpaired) electrons. The van der Waals surface area contributed by atoms with Gasteiger partial charge in [-0.25, -0.2) is 13.1 Å². The van der Waals surface area contributed by atoms with Gasteiger partial charge in [-0.05, 0) is 58.4 Å². The maximum Gasteiger partial charge on any atom is 0.251 e. The summed E-state index contributed by atoms with van der Waals surface area (Å²) < 4.78 is 38.5. The fraction of sp³-hybridized carbons (Fsp3) is 0.650. The number of nitrogens with zero attached hydrogens (tertiary/aromatic N) is 1. The average Bonchev–Trinajstić information content (AvgIpc) is 2.66. The van der Waals surface area contributed by atoms with Gasteiger partial charge in [-0.2, -0.15) is 0 Å². The number of morpholine rings is 1. The van der Waals surface area contributed by atoms with Crippen LogP contribution in [0.5, 0.6) is 5.75 Å². The SMILES string of the molecule is COc1ccc(C(=O)NCCCCN2CCOCC2)cc1S(=O)(=O)NC(C)(C)C. The summed E-state index contributed by atoms with van der Waals surface area (Å²) in [5, 5.41) is 2.86. The summed E-state index contributed by atoms with van der Waals surface area (Å²) >= 11 is 0. The number of amides is 1. The van der Waals surface area contributed by atoms with E-state index >= 15 is 0 Å². The largest absolute Gasteiger partial charge is 0.495 e. The summed E-state index contributed by atoms with van der Waals surface area (Å²) in [7, 11) is -2.43. The fourth-order valence-electron chi connectivity index (χ4n) is 3.08. The highest BCUT2D eigenvalue weighted by atomic mass is 32.2. The third kappa shape index (κ3) is 7.58. The second-order valence-electron chi connectivity index (χ2n) is 8.14. The number of benzene rings is 1. The molecule has 164 valence electrons. The first kappa shape index (κ1) is 23.6. The average molecular weight is 428 g/mol. The fourth-order valence-corrected chi connectivity index (χ4v) is 4.69. The number of methoxy groups -OCH3 is 1. The normalized spacial score (nSPS) is 15.9. The molecule has 1 aromatic rings. The molecule has 1 heterocycles. The monoisotopic (exact) mass is 427 g/mol. The summed E-state index contributed by atoms with van der Waals surface area (Å²) in [4.78, 5) is 14.8. The molecule has 1 saturated heterocycles. The van der Waals surface area contributed by atoms with Gasteiger partial charge in [-0.1, -0.05) is 0 Å². The molecular formula is C20H33N3O5S. The summed E-state index contributed by atoms with van der Waals surface area (Å²) in [6.45, 7) is 10.3. The van der Waals surface area contributed by atoms with E-state index in [2.05, 4.69) is 14.9 Å². The third-order valence-corrected chi connectivity index (χ3v) is 6.23. The molecule has 1 aromatic carbocycles. The van der Waals surface area contributed by atoms with Crippen molar-refractivity contribution >= 4 is 15.9 Å². The molecule has 1 aliphatic rings. The Morgan fingerprint density at radius 3 is 2.52 bits per heavy atom. The van der Waals surface area contributed by atoms with Gasteiger partial charge in [0.25, 0.3) is 5.91 Å². The van der Waals surface area contributed by atoms with Crippen LogP contribution < -0.4 is 14.8 Å². The van der Waals surface area contributed by atoms with Crippen molar-refractivity contribution in [3.05, 3.63) is 23.8 Å². The molecule has 8 nitrogen and oxygen atoms in total. The Kier molecular flexibility index (Phi) is 8.45. The Morgan fingerprint density at radius 1 is 1.21 bits per heavy atom. The van der Waals surface area contributed by atoms with Gasteiger partial charge in [0, 0.05) is 30.7 Å². The number of hydrogen-bond donors (Lipinski definition) is 2. The standard InChI is InChI=1S/C20H33N3O5S/c1-20(2,3)22-29(25,26)18-15-16(7-8-17(18)27-4)19(24)21-9-5-6-10-23-11-13-28-14-12-23/h7-8,15,22H,5-6,9-14H2,1-4H3,(H,21,24). The van der Waals surface area contributed by atoms with Crippen molar-refractivity contribution < 1.29 is 22.7 Å². The lowest BCUT2D eigenvalue weighted by atomic mass is 10.1. The predicted octanol–water partition coefficient (Wildman–Crippen LogP) is 1.61. The molecule has 2 N–H and O–H groups in total. The minimum Gasteiger partial charge on any atom is -0.495 e. The summed E-state index contributed by atoms with van der Waals surface area (Å²) in [6, 6.07) is 4.43. The highest BCUT2D eigenvalue weighted by Crippen LogP contribution is 2.26. The number of sulfonamides is 1. The first-order valence-corrected chi connectivity index (χ1v) is 11.4. The van der Waals surface area contributed by atoms with E-state index in [1.54, 1.807) is 26.8 Å². The lowest BCUT2D eigenvalue weighted by Gasteiger charge is -2.26. The van der Waals surface area contributed by atoms with Crippen molar-refractivity contribution in [3.8, 4) is 5.75 Å². The summed E-state index contributed by atoms with van der Waals surface area (Å²) in [6.07, 6.45) is 1.84. The number of hydrogen-bond acceptors (Lipinski definition) is 6. The number of ether oxygens (including phenoxy) is 2. The molecule has 0 spiro atoms. The second-order valence-corrected chi connectivity index (χ2v) is 9.79. The van der Waals surface area contributed by atoms with E-state index in [4.69, 9.17) is 9.47 Å². The van der Waals surface area contributed by atoms with Crippen molar-refractivity contribution in [3.63, 3.8) is 0 Å². The van der Waals surface area contributed by atoms with Crippen LogP contribution in [0.2, 0.25) is 0 Å². The Bertz CT molecular complexity index is 784. The maximum atomic E-state index is 12.7. The highest BCUT2D eigenvalue weighted by molar-refractivity contribution is 7.89. The van der Waals surface area contributed by atoms with E-state index in [-0.39, 0.29) is 22.1 Å². The molecule has 0 aromatic heterocycles. The quantitative estimate of drug-likeness (QED) is 0.581. The van der Waals surface area contributed by atoms with Crippen molar-refractivity contribution in [2.24, 2.45) is 0 Å². The Hall–Kier alpha value is -1.68. The summed E-state index contributed by atoms with van der Waals surface area (Å²) in [5.41, 5.74) is -0.365. The van der Waals surface area contributed by atoms with Crippen LogP contribution in [0.3, 0.4) is 0 Å². The zero-order chi connectivity index (χ0) is 21.5. The Morgan fingerprint density at radius 2 is 1.90 bits per heavy atom. The highest BCUT2D eigenvalue weighted by Gasteiger charge is 2.26. The van der Waals surface area contributed by atoms with Gasteiger partial charge in [-0.3, -0.25) is 9.69 Å². The van der Waals surface area contributed by atoms with Gasteiger partial charge in [0.2, 0.25) is 10.0 Å². The van der Waals surface area contributed by atoms with Gasteiger partial charge < -0.3 is 14.8 Å². The van der Waals surface area contributed by atoms with Crippen LogP contribution >= 0.6 is 0 Å². The van der Waals surface area contributed by atoms with Crippen LogP contribution in [0, 0.1) is 0 Å². The van der Waals surface area contributed by atoms with Crippen molar-refractivity contribution in [2.75, 3.05) is 46.5 Å². The zero-order valence-corrected chi connectivity index (χ0v) is 18.6. The molecule has 1 aliphatic heterocycles. The van der Waals surface area contributed by atoms with Crippen LogP contribution in [0.1, 0.15) is 44.0 Å². The number of unbranched alkanes of at least 4 members (excludes halogenated alkanes) is 1. The molecule has 2 rings (SSSR count). The molecular weight excluding hydrogens is 394 g/mol. The molecule has 0 unspecified atom stereocenters. The van der Waals surface area contributed by atoms with Crippen LogP contribution in [0.25, 0.3) is 0 Å². The Balaban J connectivity index is 1.94. The van der Waals surface area contributed by atoms with Crippen LogP contribution in [-0.4, -0.2) is 71.3 Å². The number of carbonyl (C=O) groups excluding carboxylic acids is 1. The lowest BCUT2D eigenvalue weighted by Crippen LogP contribution is -2.40. The second kappa shape index (κ2) is 10.4. The molecule has 29 heavy (non-hydrogen) atoms. The van der Waals surface area contributed by atoms with E-state index in [0.717, 1.165) is 45.7 Å². The van der Waals surface area contributed by atoms with Gasteiger partial charge in [0.15, 0.2) is 0 Å².